The molecule has 1 unspecified atom stereocenters. The number of likely N-dealkylation sites (N-methyl/N-ethyl adjacent to an activating group) is 1. The fraction of sp³-hybridized carbons (Fsp3) is 0.818. The van der Waals surface area contributed by atoms with Crippen LogP contribution in [0.5, 0.6) is 0 Å². The molecule has 0 radical (unpaired) electrons. The molecular formula is C11H20N2O3. The molecular weight excluding hydrogens is 208 g/mol. The van der Waals surface area contributed by atoms with Gasteiger partial charge in [-0.3, -0.25) is 9.59 Å². The summed E-state index contributed by atoms with van der Waals surface area (Å²) in [7, 11) is 1.77. The molecule has 1 aliphatic rings. The molecule has 1 saturated heterocycles. The average Bonchev–Trinajstić information content (AvgIpc) is 2.42. The second-order valence-electron chi connectivity index (χ2n) is 3.90. The molecule has 0 aromatic heterocycles. The van der Waals surface area contributed by atoms with E-state index in [1.54, 1.807) is 18.9 Å². The smallest absolute Gasteiger partial charge is 0.325 e. The van der Waals surface area contributed by atoms with E-state index < -0.39 is 0 Å². The van der Waals surface area contributed by atoms with Crippen LogP contribution in [0.3, 0.4) is 0 Å². The minimum atomic E-state index is -0.326. The minimum Gasteiger partial charge on any atom is -0.465 e. The number of likely N-dealkylation sites (tertiary alicyclic amines) is 1. The summed E-state index contributed by atoms with van der Waals surface area (Å²) in [6.07, 6.45) is 2.80. The van der Waals surface area contributed by atoms with E-state index >= 15 is 0 Å². The molecule has 0 saturated carbocycles. The predicted octanol–water partition coefficient (Wildman–Crippen LogP) is 0.150. The van der Waals surface area contributed by atoms with Crippen LogP contribution in [0.25, 0.3) is 0 Å². The van der Waals surface area contributed by atoms with Crippen molar-refractivity contribution < 1.29 is 14.3 Å². The Bertz CT molecular complexity index is 256. The molecule has 0 aliphatic carbocycles. The third kappa shape index (κ3) is 3.48. The number of hydrogen-bond acceptors (Lipinski definition) is 4. The van der Waals surface area contributed by atoms with Crippen molar-refractivity contribution in [3.05, 3.63) is 0 Å². The van der Waals surface area contributed by atoms with Crippen LogP contribution >= 0.6 is 0 Å². The van der Waals surface area contributed by atoms with Crippen molar-refractivity contribution in [1.29, 1.82) is 0 Å². The molecule has 92 valence electrons. The number of nitrogens with zero attached hydrogens (tertiary/aromatic N) is 1. The molecule has 1 N–H and O–H groups in total. The van der Waals surface area contributed by atoms with Crippen molar-refractivity contribution >= 4 is 11.9 Å². The first-order valence-corrected chi connectivity index (χ1v) is 5.80. The lowest BCUT2D eigenvalue weighted by Gasteiger charge is -2.22. The van der Waals surface area contributed by atoms with Crippen LogP contribution in [-0.2, 0) is 14.3 Å². The zero-order chi connectivity index (χ0) is 12.0. The first kappa shape index (κ1) is 13.0. The van der Waals surface area contributed by atoms with E-state index in [-0.39, 0.29) is 24.5 Å². The maximum absolute atomic E-state index is 12.0. The highest BCUT2D eigenvalue weighted by Crippen LogP contribution is 2.11. The third-order valence-electron chi connectivity index (χ3n) is 2.75. The third-order valence-corrected chi connectivity index (χ3v) is 2.75. The Kier molecular flexibility index (Phi) is 5.25. The Morgan fingerprint density at radius 2 is 2.31 bits per heavy atom. The molecule has 1 atom stereocenters. The van der Waals surface area contributed by atoms with Gasteiger partial charge in [0.25, 0.3) is 0 Å². The summed E-state index contributed by atoms with van der Waals surface area (Å²) in [5, 5.41) is 2.99. The molecule has 1 fully saturated rings. The number of rotatable bonds is 4. The second-order valence-corrected chi connectivity index (χ2v) is 3.90. The summed E-state index contributed by atoms with van der Waals surface area (Å²) in [4.78, 5) is 24.9. The quantitative estimate of drug-likeness (QED) is 0.696. The molecule has 5 nitrogen and oxygen atoms in total. The van der Waals surface area contributed by atoms with E-state index in [2.05, 4.69) is 5.32 Å². The normalized spacial score (nSPS) is 21.8. The second kappa shape index (κ2) is 6.48. The molecule has 5 heteroatoms. The number of ether oxygens (including phenoxy) is 1. The van der Waals surface area contributed by atoms with E-state index in [1.165, 1.54) is 0 Å². The Morgan fingerprint density at radius 3 is 2.94 bits per heavy atom. The fourth-order valence-corrected chi connectivity index (χ4v) is 1.89. The number of hydrogen-bond donors (Lipinski definition) is 1. The number of nitrogens with one attached hydrogen (secondary N) is 1. The van der Waals surface area contributed by atoms with Crippen molar-refractivity contribution in [1.82, 2.24) is 10.2 Å². The van der Waals surface area contributed by atoms with E-state index in [4.69, 9.17) is 4.74 Å². The van der Waals surface area contributed by atoms with Gasteiger partial charge in [0.15, 0.2) is 0 Å². The molecule has 1 amide bonds. The lowest BCUT2D eigenvalue weighted by atomic mass is 10.1. The summed E-state index contributed by atoms with van der Waals surface area (Å²) in [6, 6.07) is -0.156. The Morgan fingerprint density at radius 1 is 1.56 bits per heavy atom. The van der Waals surface area contributed by atoms with Crippen LogP contribution in [0.15, 0.2) is 0 Å². The number of carbonyl (C=O) groups is 2. The molecule has 0 spiro atoms. The zero-order valence-electron chi connectivity index (χ0n) is 9.99. The average molecular weight is 228 g/mol. The Labute approximate surface area is 96.1 Å². The highest BCUT2D eigenvalue weighted by Gasteiger charge is 2.27. The van der Waals surface area contributed by atoms with Gasteiger partial charge in [-0.05, 0) is 33.2 Å². The molecule has 1 heterocycles. The van der Waals surface area contributed by atoms with E-state index in [9.17, 15) is 9.59 Å². The summed E-state index contributed by atoms with van der Waals surface area (Å²) < 4.78 is 4.85. The van der Waals surface area contributed by atoms with Crippen LogP contribution in [0.4, 0.5) is 0 Å². The summed E-state index contributed by atoms with van der Waals surface area (Å²) >= 11 is 0. The minimum absolute atomic E-state index is 0.00746. The van der Waals surface area contributed by atoms with Crippen LogP contribution in [0.2, 0.25) is 0 Å². The summed E-state index contributed by atoms with van der Waals surface area (Å²) in [5.74, 6) is -0.319. The zero-order valence-corrected chi connectivity index (χ0v) is 9.99. The van der Waals surface area contributed by atoms with E-state index in [0.717, 1.165) is 19.3 Å². The number of carbonyl (C=O) groups excluding carboxylic acids is 2. The van der Waals surface area contributed by atoms with Crippen molar-refractivity contribution in [2.45, 2.75) is 32.2 Å². The lowest BCUT2D eigenvalue weighted by molar-refractivity contribution is -0.149. The SMILES string of the molecule is CCOC(=O)CN1CCCCC(NC)C1=O. The maximum atomic E-state index is 12.0. The van der Waals surface area contributed by atoms with E-state index in [1.807, 2.05) is 0 Å². The van der Waals surface area contributed by atoms with Gasteiger partial charge in [0.2, 0.25) is 5.91 Å². The summed E-state index contributed by atoms with van der Waals surface area (Å²) in [5.41, 5.74) is 0. The first-order valence-electron chi connectivity index (χ1n) is 5.80. The molecule has 0 aromatic carbocycles. The van der Waals surface area contributed by atoms with Gasteiger partial charge >= 0.3 is 5.97 Å². The monoisotopic (exact) mass is 228 g/mol. The van der Waals surface area contributed by atoms with Gasteiger partial charge in [0.05, 0.1) is 12.6 Å². The van der Waals surface area contributed by atoms with Gasteiger partial charge in [-0.1, -0.05) is 0 Å². The molecule has 16 heavy (non-hydrogen) atoms. The van der Waals surface area contributed by atoms with Crippen LogP contribution < -0.4 is 5.32 Å². The number of amides is 1. The standard InChI is InChI=1S/C11H20N2O3/c1-3-16-10(14)8-13-7-5-4-6-9(12-2)11(13)15/h9,12H,3-8H2,1-2H3. The first-order chi connectivity index (χ1) is 7.69. The largest absolute Gasteiger partial charge is 0.465 e. The molecule has 0 bridgehead atoms. The van der Waals surface area contributed by atoms with Gasteiger partial charge < -0.3 is 15.0 Å². The Hall–Kier alpha value is -1.10. The molecule has 1 aliphatic heterocycles. The van der Waals surface area contributed by atoms with Gasteiger partial charge in [-0.15, -0.1) is 0 Å². The van der Waals surface area contributed by atoms with Crippen molar-refractivity contribution in [2.75, 3.05) is 26.7 Å². The molecule has 0 aromatic rings. The highest BCUT2D eigenvalue weighted by atomic mass is 16.5. The fourth-order valence-electron chi connectivity index (χ4n) is 1.89. The number of esters is 1. The van der Waals surface area contributed by atoms with E-state index in [0.29, 0.717) is 13.2 Å². The van der Waals surface area contributed by atoms with Gasteiger partial charge in [0.1, 0.15) is 6.54 Å². The van der Waals surface area contributed by atoms with Crippen LogP contribution in [-0.4, -0.2) is 49.6 Å². The Balaban J connectivity index is 2.55. The maximum Gasteiger partial charge on any atom is 0.325 e. The lowest BCUT2D eigenvalue weighted by Crippen LogP contribution is -2.46. The van der Waals surface area contributed by atoms with Gasteiger partial charge in [-0.2, -0.15) is 0 Å². The van der Waals surface area contributed by atoms with Crippen molar-refractivity contribution in [3.63, 3.8) is 0 Å². The topological polar surface area (TPSA) is 58.6 Å². The molecule has 1 rings (SSSR count). The highest BCUT2D eigenvalue weighted by molar-refractivity contribution is 5.86. The van der Waals surface area contributed by atoms with Crippen LogP contribution in [0.1, 0.15) is 26.2 Å². The van der Waals surface area contributed by atoms with Gasteiger partial charge in [-0.25, -0.2) is 0 Å². The summed E-state index contributed by atoms with van der Waals surface area (Å²) in [6.45, 7) is 2.84. The van der Waals surface area contributed by atoms with Crippen molar-refractivity contribution in [3.8, 4) is 0 Å². The van der Waals surface area contributed by atoms with Gasteiger partial charge in [0, 0.05) is 6.54 Å². The van der Waals surface area contributed by atoms with Crippen molar-refractivity contribution in [2.24, 2.45) is 0 Å². The van der Waals surface area contributed by atoms with Crippen LogP contribution in [0, 0.1) is 0 Å². The predicted molar refractivity (Wildman–Crippen MR) is 59.9 cm³/mol.